The average molecular weight is 334 g/mol. The molecular formula is C13H11ClF3N3S. The van der Waals surface area contributed by atoms with Crippen molar-refractivity contribution in [2.75, 3.05) is 11.4 Å². The van der Waals surface area contributed by atoms with Gasteiger partial charge >= 0.3 is 6.18 Å². The number of alkyl halides is 3. The van der Waals surface area contributed by atoms with Crippen LogP contribution in [-0.4, -0.2) is 16.5 Å². The number of thiazole rings is 1. The summed E-state index contributed by atoms with van der Waals surface area (Å²) in [5.74, 6) is -0.130. The van der Waals surface area contributed by atoms with Crippen LogP contribution < -0.4 is 4.90 Å². The maximum atomic E-state index is 13.1. The zero-order valence-electron chi connectivity index (χ0n) is 10.8. The maximum Gasteiger partial charge on any atom is 0.419 e. The van der Waals surface area contributed by atoms with E-state index in [1.54, 1.807) is 6.20 Å². The highest BCUT2D eigenvalue weighted by atomic mass is 35.5. The first-order chi connectivity index (χ1) is 9.91. The highest BCUT2D eigenvalue weighted by Gasteiger charge is 2.35. The fourth-order valence-electron chi connectivity index (χ4n) is 1.80. The Bertz CT molecular complexity index is 627. The van der Waals surface area contributed by atoms with Gasteiger partial charge in [0.2, 0.25) is 0 Å². The van der Waals surface area contributed by atoms with Crippen molar-refractivity contribution in [3.63, 3.8) is 0 Å². The molecule has 112 valence electrons. The van der Waals surface area contributed by atoms with Crippen molar-refractivity contribution in [1.82, 2.24) is 9.97 Å². The minimum absolute atomic E-state index is 0.130. The molecule has 0 N–H and O–H groups in total. The van der Waals surface area contributed by atoms with Crippen LogP contribution in [0.2, 0.25) is 4.47 Å². The van der Waals surface area contributed by atoms with E-state index in [1.807, 2.05) is 0 Å². The summed E-state index contributed by atoms with van der Waals surface area (Å²) in [5, 5.41) is 0. The Hall–Kier alpha value is -1.60. The Balaban J connectivity index is 2.36. The van der Waals surface area contributed by atoms with Crippen LogP contribution in [0.5, 0.6) is 0 Å². The van der Waals surface area contributed by atoms with E-state index in [0.717, 1.165) is 10.9 Å². The summed E-state index contributed by atoms with van der Waals surface area (Å²) < 4.78 is 39.6. The fraction of sp³-hybridized carbons (Fsp3) is 0.231. The lowest BCUT2D eigenvalue weighted by atomic mass is 10.2. The van der Waals surface area contributed by atoms with Gasteiger partial charge < -0.3 is 4.90 Å². The summed E-state index contributed by atoms with van der Waals surface area (Å²) in [5.41, 5.74) is -0.775. The summed E-state index contributed by atoms with van der Waals surface area (Å²) in [7, 11) is 0. The molecule has 0 fully saturated rings. The van der Waals surface area contributed by atoms with Crippen molar-refractivity contribution in [2.24, 2.45) is 0 Å². The Morgan fingerprint density at radius 3 is 2.71 bits per heavy atom. The highest BCUT2D eigenvalue weighted by molar-refractivity contribution is 7.15. The minimum Gasteiger partial charge on any atom is -0.347 e. The van der Waals surface area contributed by atoms with Crippen molar-refractivity contribution in [3.05, 3.63) is 52.1 Å². The second kappa shape index (κ2) is 6.44. The quantitative estimate of drug-likeness (QED) is 0.759. The molecule has 2 aromatic heterocycles. The third-order valence-electron chi connectivity index (χ3n) is 2.61. The van der Waals surface area contributed by atoms with E-state index in [0.29, 0.717) is 4.47 Å². The number of pyridine rings is 1. The van der Waals surface area contributed by atoms with E-state index < -0.39 is 11.7 Å². The lowest BCUT2D eigenvalue weighted by molar-refractivity contribution is -0.137. The van der Waals surface area contributed by atoms with Gasteiger partial charge in [-0.15, -0.1) is 17.9 Å². The van der Waals surface area contributed by atoms with Crippen LogP contribution in [0.4, 0.5) is 19.0 Å². The molecular weight excluding hydrogens is 323 g/mol. The lowest BCUT2D eigenvalue weighted by Crippen LogP contribution is -2.26. The van der Waals surface area contributed by atoms with Gasteiger partial charge in [-0.3, -0.25) is 0 Å². The standard InChI is InChI=1S/C13H11ClF3N3S/c1-2-6-20(8-9-7-19-12(14)21-9)11-10(13(15,16)17)4-3-5-18-11/h2-5,7H,1,6,8H2. The predicted molar refractivity (Wildman–Crippen MR) is 77.6 cm³/mol. The van der Waals surface area contributed by atoms with Crippen LogP contribution in [0.3, 0.4) is 0 Å². The molecule has 3 nitrogen and oxygen atoms in total. The molecule has 0 spiro atoms. The normalized spacial score (nSPS) is 11.4. The predicted octanol–water partition coefficient (Wildman–Crippen LogP) is 4.40. The first kappa shape index (κ1) is 15.8. The van der Waals surface area contributed by atoms with Gasteiger partial charge in [0.25, 0.3) is 0 Å². The molecule has 0 aromatic carbocycles. The first-order valence-corrected chi connectivity index (χ1v) is 7.09. The number of aromatic nitrogens is 2. The van der Waals surface area contributed by atoms with Gasteiger partial charge in [-0.1, -0.05) is 17.7 Å². The Kier molecular flexibility index (Phi) is 4.84. The monoisotopic (exact) mass is 333 g/mol. The maximum absolute atomic E-state index is 13.1. The molecule has 0 amide bonds. The highest BCUT2D eigenvalue weighted by Crippen LogP contribution is 2.35. The Labute approximate surface area is 128 Å². The van der Waals surface area contributed by atoms with Crippen molar-refractivity contribution in [2.45, 2.75) is 12.7 Å². The van der Waals surface area contributed by atoms with Gasteiger partial charge in [0.05, 0.1) is 12.1 Å². The fourth-order valence-corrected chi connectivity index (χ4v) is 2.79. The van der Waals surface area contributed by atoms with Crippen molar-refractivity contribution in [1.29, 1.82) is 0 Å². The second-order valence-corrected chi connectivity index (χ2v) is 5.82. The molecule has 0 aliphatic rings. The van der Waals surface area contributed by atoms with Crippen LogP contribution in [-0.2, 0) is 12.7 Å². The van der Waals surface area contributed by atoms with Gasteiger partial charge in [-0.2, -0.15) is 13.2 Å². The molecule has 0 saturated carbocycles. The van der Waals surface area contributed by atoms with Gasteiger partial charge in [-0.05, 0) is 12.1 Å². The smallest absolute Gasteiger partial charge is 0.347 e. The van der Waals surface area contributed by atoms with E-state index in [9.17, 15) is 13.2 Å². The molecule has 0 aliphatic carbocycles. The number of hydrogen-bond acceptors (Lipinski definition) is 4. The summed E-state index contributed by atoms with van der Waals surface area (Å²) in [6.07, 6.45) is -0.0641. The zero-order chi connectivity index (χ0) is 15.5. The number of hydrogen-bond donors (Lipinski definition) is 0. The molecule has 21 heavy (non-hydrogen) atoms. The Morgan fingerprint density at radius 2 is 2.14 bits per heavy atom. The summed E-state index contributed by atoms with van der Waals surface area (Å²) >= 11 is 6.96. The van der Waals surface area contributed by atoms with Crippen LogP contribution in [0.15, 0.2) is 37.2 Å². The molecule has 2 aromatic rings. The van der Waals surface area contributed by atoms with Gasteiger partial charge in [0.15, 0.2) is 4.47 Å². The zero-order valence-corrected chi connectivity index (χ0v) is 12.3. The molecule has 0 unspecified atom stereocenters. The van der Waals surface area contributed by atoms with Crippen molar-refractivity contribution in [3.8, 4) is 0 Å². The van der Waals surface area contributed by atoms with Crippen molar-refractivity contribution < 1.29 is 13.2 Å². The third-order valence-corrected chi connectivity index (χ3v) is 3.71. The molecule has 0 saturated heterocycles. The van der Waals surface area contributed by atoms with Crippen LogP contribution in [0.25, 0.3) is 0 Å². The molecule has 8 heteroatoms. The van der Waals surface area contributed by atoms with Gasteiger partial charge in [-0.25, -0.2) is 9.97 Å². The first-order valence-electron chi connectivity index (χ1n) is 5.90. The number of nitrogens with zero attached hydrogens (tertiary/aromatic N) is 3. The van der Waals surface area contributed by atoms with E-state index >= 15 is 0 Å². The second-order valence-electron chi connectivity index (χ2n) is 4.12. The lowest BCUT2D eigenvalue weighted by Gasteiger charge is -2.24. The third kappa shape index (κ3) is 3.95. The molecule has 0 aliphatic heterocycles. The summed E-state index contributed by atoms with van der Waals surface area (Å²) in [6, 6.07) is 2.28. The van der Waals surface area contributed by atoms with E-state index in [4.69, 9.17) is 11.6 Å². The number of halogens is 4. The van der Waals surface area contributed by atoms with Crippen LogP contribution in [0, 0.1) is 0 Å². The molecule has 2 rings (SSSR count). The topological polar surface area (TPSA) is 29.0 Å². The minimum atomic E-state index is -4.46. The summed E-state index contributed by atoms with van der Waals surface area (Å²) in [4.78, 5) is 10.00. The van der Waals surface area contributed by atoms with Gasteiger partial charge in [0.1, 0.15) is 5.82 Å². The number of anilines is 1. The van der Waals surface area contributed by atoms with E-state index in [1.165, 1.54) is 34.6 Å². The SMILES string of the molecule is C=CCN(Cc1cnc(Cl)s1)c1ncccc1C(F)(F)F. The van der Waals surface area contributed by atoms with Crippen LogP contribution >= 0.6 is 22.9 Å². The molecule has 0 bridgehead atoms. The summed E-state index contributed by atoms with van der Waals surface area (Å²) in [6.45, 7) is 4.04. The molecule has 2 heterocycles. The average Bonchev–Trinajstić information content (AvgIpc) is 2.83. The van der Waals surface area contributed by atoms with Crippen molar-refractivity contribution >= 4 is 28.8 Å². The van der Waals surface area contributed by atoms with E-state index in [-0.39, 0.29) is 18.9 Å². The van der Waals surface area contributed by atoms with E-state index in [2.05, 4.69) is 16.5 Å². The number of rotatable bonds is 5. The molecule has 0 radical (unpaired) electrons. The van der Waals surface area contributed by atoms with Crippen LogP contribution in [0.1, 0.15) is 10.4 Å². The largest absolute Gasteiger partial charge is 0.419 e. The Morgan fingerprint density at radius 1 is 1.38 bits per heavy atom. The molecule has 0 atom stereocenters. The van der Waals surface area contributed by atoms with Gasteiger partial charge in [0, 0.05) is 23.8 Å².